The lowest BCUT2D eigenvalue weighted by Gasteiger charge is -2.18. The minimum atomic E-state index is -0.439. The zero-order valence-electron chi connectivity index (χ0n) is 13.4. The van der Waals surface area contributed by atoms with Crippen LogP contribution in [-0.4, -0.2) is 23.9 Å². The number of rotatable bonds is 6. The second-order valence-electron chi connectivity index (χ2n) is 5.15. The van der Waals surface area contributed by atoms with Gasteiger partial charge in [0.2, 0.25) is 17.7 Å². The lowest BCUT2D eigenvalue weighted by Crippen LogP contribution is -2.29. The number of methoxy groups -OCH3 is 1. The topological polar surface area (TPSA) is 80.3 Å². The van der Waals surface area contributed by atoms with Gasteiger partial charge in [-0.25, -0.2) is 4.98 Å². The molecule has 1 aromatic heterocycles. The molecule has 0 radical (unpaired) electrons. The van der Waals surface area contributed by atoms with Crippen LogP contribution in [0.15, 0.2) is 42.6 Å². The predicted octanol–water partition coefficient (Wildman–Crippen LogP) is 2.95. The van der Waals surface area contributed by atoms with E-state index >= 15 is 0 Å². The highest BCUT2D eigenvalue weighted by molar-refractivity contribution is 6.30. The molecule has 0 fully saturated rings. The van der Waals surface area contributed by atoms with Crippen molar-refractivity contribution in [2.75, 3.05) is 12.4 Å². The van der Waals surface area contributed by atoms with Crippen molar-refractivity contribution in [3.63, 3.8) is 0 Å². The Hall–Kier alpha value is -2.60. The molecular weight excluding hydrogens is 330 g/mol. The lowest BCUT2D eigenvalue weighted by molar-refractivity contribution is -0.120. The van der Waals surface area contributed by atoms with Crippen molar-refractivity contribution in [3.8, 4) is 5.88 Å². The van der Waals surface area contributed by atoms with E-state index in [1.54, 1.807) is 36.4 Å². The lowest BCUT2D eigenvalue weighted by atomic mass is 10.0. The molecular formula is C17H18ClN3O3. The smallest absolute Gasteiger partial charge is 0.226 e. The highest BCUT2D eigenvalue weighted by atomic mass is 35.5. The molecule has 1 atom stereocenters. The van der Waals surface area contributed by atoms with E-state index in [1.165, 1.54) is 20.2 Å². The van der Waals surface area contributed by atoms with Crippen molar-refractivity contribution in [3.05, 3.63) is 53.2 Å². The second-order valence-corrected chi connectivity index (χ2v) is 5.58. The third-order valence-electron chi connectivity index (χ3n) is 3.27. The molecule has 0 saturated carbocycles. The van der Waals surface area contributed by atoms with E-state index in [-0.39, 0.29) is 18.2 Å². The Labute approximate surface area is 145 Å². The fourth-order valence-electron chi connectivity index (χ4n) is 2.17. The monoisotopic (exact) mass is 347 g/mol. The molecule has 126 valence electrons. The number of anilines is 1. The van der Waals surface area contributed by atoms with Gasteiger partial charge < -0.3 is 15.4 Å². The molecule has 24 heavy (non-hydrogen) atoms. The third kappa shape index (κ3) is 5.24. The number of ether oxygens (including phenoxy) is 1. The van der Waals surface area contributed by atoms with Crippen molar-refractivity contribution >= 4 is 29.1 Å². The Kier molecular flexibility index (Phi) is 6.14. The van der Waals surface area contributed by atoms with E-state index in [1.807, 2.05) is 0 Å². The number of nitrogens with zero attached hydrogens (tertiary/aromatic N) is 1. The largest absolute Gasteiger partial charge is 0.481 e. The minimum Gasteiger partial charge on any atom is -0.481 e. The first-order chi connectivity index (χ1) is 11.5. The first-order valence-corrected chi connectivity index (χ1v) is 7.68. The maximum absolute atomic E-state index is 12.3. The van der Waals surface area contributed by atoms with Gasteiger partial charge in [0.05, 0.1) is 31.5 Å². The van der Waals surface area contributed by atoms with Crippen LogP contribution in [0.4, 0.5) is 5.69 Å². The van der Waals surface area contributed by atoms with Crippen LogP contribution >= 0.6 is 11.6 Å². The van der Waals surface area contributed by atoms with Gasteiger partial charge in [0.1, 0.15) is 0 Å². The Morgan fingerprint density at radius 2 is 1.92 bits per heavy atom. The van der Waals surface area contributed by atoms with Crippen LogP contribution in [0.1, 0.15) is 24.9 Å². The number of pyridine rings is 1. The molecule has 2 amide bonds. The molecule has 0 bridgehead atoms. The van der Waals surface area contributed by atoms with Crippen LogP contribution in [0, 0.1) is 0 Å². The molecule has 7 heteroatoms. The molecule has 0 aliphatic heterocycles. The van der Waals surface area contributed by atoms with Crippen LogP contribution in [0.25, 0.3) is 0 Å². The maximum Gasteiger partial charge on any atom is 0.226 e. The number of carbonyl (C=O) groups is 2. The van der Waals surface area contributed by atoms with Gasteiger partial charge in [0.15, 0.2) is 0 Å². The molecule has 6 nitrogen and oxygen atoms in total. The molecule has 0 aliphatic carbocycles. The SMILES string of the molecule is COc1ccc(NC(=O)C[C@H](NC(C)=O)c2ccc(Cl)cc2)cn1. The predicted molar refractivity (Wildman–Crippen MR) is 92.0 cm³/mol. The number of aromatic nitrogens is 1. The second kappa shape index (κ2) is 8.31. The van der Waals surface area contributed by atoms with Gasteiger partial charge in [-0.1, -0.05) is 23.7 Å². The Morgan fingerprint density at radius 1 is 1.21 bits per heavy atom. The fraction of sp³-hybridized carbons (Fsp3) is 0.235. The van der Waals surface area contributed by atoms with Gasteiger partial charge in [-0.15, -0.1) is 0 Å². The van der Waals surface area contributed by atoms with E-state index in [2.05, 4.69) is 15.6 Å². The molecule has 0 spiro atoms. The number of carbonyl (C=O) groups excluding carboxylic acids is 2. The van der Waals surface area contributed by atoms with Crippen LogP contribution in [-0.2, 0) is 9.59 Å². The van der Waals surface area contributed by atoms with Gasteiger partial charge in [0.25, 0.3) is 0 Å². The Morgan fingerprint density at radius 3 is 2.46 bits per heavy atom. The van der Waals surface area contributed by atoms with E-state index in [4.69, 9.17) is 16.3 Å². The Balaban J connectivity index is 2.05. The van der Waals surface area contributed by atoms with Crippen molar-refractivity contribution in [2.24, 2.45) is 0 Å². The maximum atomic E-state index is 12.3. The van der Waals surface area contributed by atoms with Crippen molar-refractivity contribution in [1.29, 1.82) is 0 Å². The molecule has 2 aromatic rings. The number of halogens is 1. The number of amides is 2. The fourth-order valence-corrected chi connectivity index (χ4v) is 2.29. The van der Waals surface area contributed by atoms with E-state index in [9.17, 15) is 9.59 Å². The zero-order chi connectivity index (χ0) is 17.5. The molecule has 1 heterocycles. The van der Waals surface area contributed by atoms with Crippen LogP contribution in [0.5, 0.6) is 5.88 Å². The first-order valence-electron chi connectivity index (χ1n) is 7.30. The van der Waals surface area contributed by atoms with Crippen molar-refractivity contribution < 1.29 is 14.3 Å². The molecule has 2 N–H and O–H groups in total. The summed E-state index contributed by atoms with van der Waals surface area (Å²) in [7, 11) is 1.52. The summed E-state index contributed by atoms with van der Waals surface area (Å²) in [5, 5.41) is 6.11. The summed E-state index contributed by atoms with van der Waals surface area (Å²) in [4.78, 5) is 27.7. The van der Waals surface area contributed by atoms with Gasteiger partial charge in [-0.2, -0.15) is 0 Å². The summed E-state index contributed by atoms with van der Waals surface area (Å²) in [5.74, 6) is 0.00909. The summed E-state index contributed by atoms with van der Waals surface area (Å²) < 4.78 is 4.97. The summed E-state index contributed by atoms with van der Waals surface area (Å²) in [6.45, 7) is 1.41. The average molecular weight is 348 g/mol. The molecule has 2 rings (SSSR count). The summed E-state index contributed by atoms with van der Waals surface area (Å²) in [5.41, 5.74) is 1.36. The van der Waals surface area contributed by atoms with Crippen LogP contribution in [0.3, 0.4) is 0 Å². The van der Waals surface area contributed by atoms with Gasteiger partial charge in [-0.05, 0) is 23.8 Å². The molecule has 0 unspecified atom stereocenters. The van der Waals surface area contributed by atoms with Gasteiger partial charge in [0, 0.05) is 18.0 Å². The third-order valence-corrected chi connectivity index (χ3v) is 3.52. The van der Waals surface area contributed by atoms with Crippen molar-refractivity contribution in [2.45, 2.75) is 19.4 Å². The van der Waals surface area contributed by atoms with Crippen molar-refractivity contribution in [1.82, 2.24) is 10.3 Å². The highest BCUT2D eigenvalue weighted by Gasteiger charge is 2.17. The molecule has 0 saturated heterocycles. The quantitative estimate of drug-likeness (QED) is 0.841. The van der Waals surface area contributed by atoms with Gasteiger partial charge >= 0.3 is 0 Å². The number of nitrogens with one attached hydrogen (secondary N) is 2. The summed E-state index contributed by atoms with van der Waals surface area (Å²) in [6.07, 6.45) is 1.60. The number of hydrogen-bond acceptors (Lipinski definition) is 4. The average Bonchev–Trinajstić information content (AvgIpc) is 2.55. The molecule has 0 aliphatic rings. The summed E-state index contributed by atoms with van der Waals surface area (Å²) in [6, 6.07) is 9.91. The number of benzene rings is 1. The van der Waals surface area contributed by atoms with Crippen LogP contribution in [0.2, 0.25) is 5.02 Å². The first kappa shape index (κ1) is 17.7. The normalized spacial score (nSPS) is 11.5. The standard InChI is InChI=1S/C17H18ClN3O3/c1-11(22)20-15(12-3-5-13(18)6-4-12)9-16(23)21-14-7-8-17(24-2)19-10-14/h3-8,10,15H,9H2,1-2H3,(H,20,22)(H,21,23)/t15-/m0/s1. The zero-order valence-corrected chi connectivity index (χ0v) is 14.1. The van der Waals surface area contributed by atoms with Gasteiger partial charge in [-0.3, -0.25) is 9.59 Å². The summed E-state index contributed by atoms with van der Waals surface area (Å²) >= 11 is 5.88. The molecule has 1 aromatic carbocycles. The van der Waals surface area contributed by atoms with Crippen LogP contribution < -0.4 is 15.4 Å². The highest BCUT2D eigenvalue weighted by Crippen LogP contribution is 2.20. The number of hydrogen-bond donors (Lipinski definition) is 2. The Bertz CT molecular complexity index is 702. The van der Waals surface area contributed by atoms with E-state index in [0.29, 0.717) is 16.6 Å². The van der Waals surface area contributed by atoms with E-state index in [0.717, 1.165) is 5.56 Å². The van der Waals surface area contributed by atoms with E-state index < -0.39 is 6.04 Å². The minimum absolute atomic E-state index is 0.0905.